The molecule has 0 aliphatic carbocycles. The van der Waals surface area contributed by atoms with Gasteiger partial charge in [-0.25, -0.2) is 8.78 Å². The molecule has 0 radical (unpaired) electrons. The Morgan fingerprint density at radius 3 is 2.11 bits per heavy atom. The van der Waals surface area contributed by atoms with E-state index < -0.39 is 11.6 Å². The van der Waals surface area contributed by atoms with Crippen molar-refractivity contribution in [3.63, 3.8) is 0 Å². The highest BCUT2D eigenvalue weighted by atomic mass is 19.1. The monoisotopic (exact) mass is 246 g/mol. The summed E-state index contributed by atoms with van der Waals surface area (Å²) < 4.78 is 26.0. The van der Waals surface area contributed by atoms with Gasteiger partial charge in [0.15, 0.2) is 5.78 Å². The summed E-state index contributed by atoms with van der Waals surface area (Å²) in [6.45, 7) is 1.93. The molecule has 0 unspecified atom stereocenters. The highest BCUT2D eigenvalue weighted by Gasteiger charge is 2.08. The van der Waals surface area contributed by atoms with Gasteiger partial charge in [-0.1, -0.05) is 29.8 Å². The number of hydrogen-bond acceptors (Lipinski definition) is 1. The van der Waals surface area contributed by atoms with Crippen LogP contribution in [-0.4, -0.2) is 5.78 Å². The first-order valence-corrected chi connectivity index (χ1v) is 5.59. The van der Waals surface area contributed by atoms with Gasteiger partial charge in [-0.2, -0.15) is 0 Å². The Morgan fingerprint density at radius 1 is 1.00 bits per heavy atom. The summed E-state index contributed by atoms with van der Waals surface area (Å²) in [6.07, 6.45) is -0.00224. The molecule has 0 amide bonds. The average Bonchev–Trinajstić information content (AvgIpc) is 2.28. The van der Waals surface area contributed by atoms with Crippen LogP contribution >= 0.6 is 0 Å². The van der Waals surface area contributed by atoms with E-state index in [0.717, 1.165) is 11.6 Å². The minimum atomic E-state index is -0.665. The van der Waals surface area contributed by atoms with Gasteiger partial charge in [0.2, 0.25) is 0 Å². The van der Waals surface area contributed by atoms with Crippen molar-refractivity contribution in [2.75, 3.05) is 0 Å². The summed E-state index contributed by atoms with van der Waals surface area (Å²) in [5.74, 6) is -1.48. The maximum atomic E-state index is 13.0. The summed E-state index contributed by atoms with van der Waals surface area (Å²) in [5, 5.41) is 0. The van der Waals surface area contributed by atoms with Crippen LogP contribution in [0.5, 0.6) is 0 Å². The molecule has 92 valence electrons. The average molecular weight is 246 g/mol. The van der Waals surface area contributed by atoms with E-state index in [2.05, 4.69) is 0 Å². The lowest BCUT2D eigenvalue weighted by molar-refractivity contribution is 0.0993. The third kappa shape index (κ3) is 3.00. The Labute approximate surface area is 104 Å². The highest BCUT2D eigenvalue weighted by Crippen LogP contribution is 2.12. The first-order chi connectivity index (χ1) is 8.54. The van der Waals surface area contributed by atoms with Gasteiger partial charge in [0.05, 0.1) is 0 Å². The van der Waals surface area contributed by atoms with Crippen LogP contribution in [0, 0.1) is 18.6 Å². The van der Waals surface area contributed by atoms with E-state index in [0.29, 0.717) is 11.1 Å². The fraction of sp³-hybridized carbons (Fsp3) is 0.133. The van der Waals surface area contributed by atoms with E-state index in [1.807, 2.05) is 19.1 Å². The van der Waals surface area contributed by atoms with Crippen LogP contribution in [0.2, 0.25) is 0 Å². The second-order valence-electron chi connectivity index (χ2n) is 4.24. The molecule has 0 spiro atoms. The summed E-state index contributed by atoms with van der Waals surface area (Å²) in [5.41, 5.74) is 1.95. The highest BCUT2D eigenvalue weighted by molar-refractivity contribution is 5.97. The number of carbonyl (C=O) groups excluding carboxylic acids is 1. The molecule has 0 aliphatic heterocycles. The van der Waals surface area contributed by atoms with Crippen molar-refractivity contribution < 1.29 is 13.6 Å². The van der Waals surface area contributed by atoms with Crippen LogP contribution in [-0.2, 0) is 6.42 Å². The zero-order valence-corrected chi connectivity index (χ0v) is 9.91. The van der Waals surface area contributed by atoms with Crippen molar-refractivity contribution in [1.29, 1.82) is 0 Å². The Morgan fingerprint density at radius 2 is 1.56 bits per heavy atom. The summed E-state index contributed by atoms with van der Waals surface area (Å²) >= 11 is 0. The number of ketones is 1. The van der Waals surface area contributed by atoms with Crippen molar-refractivity contribution in [3.05, 3.63) is 70.8 Å². The minimum Gasteiger partial charge on any atom is -0.294 e. The molecular formula is C15H12F2O. The van der Waals surface area contributed by atoms with Crippen LogP contribution in [0.3, 0.4) is 0 Å². The number of Topliss-reactive ketones (excluding diaryl/α,β-unsaturated/α-hetero) is 1. The standard InChI is InChI=1S/C15H12F2O/c1-10-2-4-12(5-3-10)15(18)8-11-6-13(16)9-14(17)7-11/h2-7,9H,8H2,1H3. The first-order valence-electron chi connectivity index (χ1n) is 5.59. The molecule has 2 aromatic carbocycles. The van der Waals surface area contributed by atoms with Crippen molar-refractivity contribution in [2.45, 2.75) is 13.3 Å². The molecule has 0 atom stereocenters. The first kappa shape index (κ1) is 12.4. The molecule has 0 saturated heterocycles. The van der Waals surface area contributed by atoms with Gasteiger partial charge in [-0.05, 0) is 24.6 Å². The van der Waals surface area contributed by atoms with E-state index in [1.54, 1.807) is 12.1 Å². The fourth-order valence-corrected chi connectivity index (χ4v) is 1.74. The van der Waals surface area contributed by atoms with Gasteiger partial charge in [0.1, 0.15) is 11.6 Å². The Balaban J connectivity index is 2.18. The number of hydrogen-bond donors (Lipinski definition) is 0. The predicted octanol–water partition coefficient (Wildman–Crippen LogP) is 3.70. The second kappa shape index (κ2) is 5.08. The van der Waals surface area contributed by atoms with Crippen molar-refractivity contribution in [3.8, 4) is 0 Å². The van der Waals surface area contributed by atoms with Crippen molar-refractivity contribution >= 4 is 5.78 Å². The molecule has 0 bridgehead atoms. The number of carbonyl (C=O) groups is 1. The van der Waals surface area contributed by atoms with Crippen molar-refractivity contribution in [2.24, 2.45) is 0 Å². The number of rotatable bonds is 3. The fourth-order valence-electron chi connectivity index (χ4n) is 1.74. The molecule has 0 fully saturated rings. The zero-order chi connectivity index (χ0) is 13.1. The lowest BCUT2D eigenvalue weighted by Crippen LogP contribution is -2.04. The van der Waals surface area contributed by atoms with Crippen molar-refractivity contribution in [1.82, 2.24) is 0 Å². The lowest BCUT2D eigenvalue weighted by atomic mass is 10.0. The zero-order valence-electron chi connectivity index (χ0n) is 9.91. The van der Waals surface area contributed by atoms with E-state index >= 15 is 0 Å². The van der Waals surface area contributed by atoms with Gasteiger partial charge >= 0.3 is 0 Å². The lowest BCUT2D eigenvalue weighted by Gasteiger charge is -2.03. The number of aryl methyl sites for hydroxylation is 1. The summed E-state index contributed by atoms with van der Waals surface area (Å²) in [6, 6.07) is 10.2. The van der Waals surface area contributed by atoms with Gasteiger partial charge in [-0.15, -0.1) is 0 Å². The SMILES string of the molecule is Cc1ccc(C(=O)Cc2cc(F)cc(F)c2)cc1. The summed E-state index contributed by atoms with van der Waals surface area (Å²) in [7, 11) is 0. The molecule has 0 N–H and O–H groups in total. The largest absolute Gasteiger partial charge is 0.294 e. The van der Waals surface area contributed by atoms with Gasteiger partial charge in [-0.3, -0.25) is 4.79 Å². The third-order valence-electron chi connectivity index (χ3n) is 2.66. The molecule has 0 aliphatic rings. The topological polar surface area (TPSA) is 17.1 Å². The van der Waals surface area contributed by atoms with Gasteiger partial charge < -0.3 is 0 Å². The number of halogens is 2. The van der Waals surface area contributed by atoms with Crippen LogP contribution in [0.1, 0.15) is 21.5 Å². The molecule has 2 aromatic rings. The van der Waals surface area contributed by atoms with Gasteiger partial charge in [0.25, 0.3) is 0 Å². The Bertz CT molecular complexity index is 553. The Kier molecular flexibility index (Phi) is 3.51. The van der Waals surface area contributed by atoms with E-state index in [4.69, 9.17) is 0 Å². The quantitative estimate of drug-likeness (QED) is 0.755. The van der Waals surface area contributed by atoms with Crippen LogP contribution in [0.15, 0.2) is 42.5 Å². The van der Waals surface area contributed by atoms with E-state index in [-0.39, 0.29) is 12.2 Å². The van der Waals surface area contributed by atoms with Crippen LogP contribution in [0.25, 0.3) is 0 Å². The normalized spacial score (nSPS) is 10.4. The second-order valence-corrected chi connectivity index (χ2v) is 4.24. The molecule has 0 heterocycles. The Hall–Kier alpha value is -2.03. The molecule has 18 heavy (non-hydrogen) atoms. The minimum absolute atomic E-state index is 0.00224. The smallest absolute Gasteiger partial charge is 0.167 e. The van der Waals surface area contributed by atoms with Crippen LogP contribution < -0.4 is 0 Å². The van der Waals surface area contributed by atoms with Gasteiger partial charge in [0, 0.05) is 18.1 Å². The molecular weight excluding hydrogens is 234 g/mol. The molecule has 3 heteroatoms. The number of benzene rings is 2. The van der Waals surface area contributed by atoms with E-state index in [9.17, 15) is 13.6 Å². The molecule has 1 nitrogen and oxygen atoms in total. The maximum Gasteiger partial charge on any atom is 0.167 e. The molecule has 2 rings (SSSR count). The maximum absolute atomic E-state index is 13.0. The predicted molar refractivity (Wildman–Crippen MR) is 65.6 cm³/mol. The van der Waals surface area contributed by atoms with E-state index in [1.165, 1.54) is 12.1 Å². The third-order valence-corrected chi connectivity index (χ3v) is 2.66. The molecule has 0 saturated carbocycles. The summed E-state index contributed by atoms with van der Waals surface area (Å²) in [4.78, 5) is 11.9. The molecule has 0 aromatic heterocycles. The van der Waals surface area contributed by atoms with Crippen LogP contribution in [0.4, 0.5) is 8.78 Å².